The van der Waals surface area contributed by atoms with Gasteiger partial charge in [-0.2, -0.15) is 0 Å². The van der Waals surface area contributed by atoms with Crippen molar-refractivity contribution in [3.8, 4) is 0 Å². The number of amides is 2. The molecule has 136 valence electrons. The molecule has 0 saturated carbocycles. The minimum absolute atomic E-state index is 0.130. The number of nitrogens with one attached hydrogen (secondary N) is 1. The highest BCUT2D eigenvalue weighted by Gasteiger charge is 2.27. The Balaban J connectivity index is 1.84. The van der Waals surface area contributed by atoms with E-state index in [1.807, 2.05) is 44.2 Å². The van der Waals surface area contributed by atoms with Gasteiger partial charge in [-0.1, -0.05) is 44.2 Å². The molecule has 1 aromatic rings. The summed E-state index contributed by atoms with van der Waals surface area (Å²) in [6, 6.07) is 8.56. The SMILES string of the molecule is CC(C)[C@H](NC(=O)Cc1ccccc1)C(=O)OCC(=O)N1CCCC1. The fourth-order valence-corrected chi connectivity index (χ4v) is 2.78. The summed E-state index contributed by atoms with van der Waals surface area (Å²) in [5.74, 6) is -1.12. The Hall–Kier alpha value is -2.37. The van der Waals surface area contributed by atoms with Gasteiger partial charge in [0.05, 0.1) is 6.42 Å². The molecule has 2 rings (SSSR count). The number of esters is 1. The first-order valence-corrected chi connectivity index (χ1v) is 8.75. The van der Waals surface area contributed by atoms with Gasteiger partial charge in [-0.15, -0.1) is 0 Å². The van der Waals surface area contributed by atoms with Crippen LogP contribution in [-0.4, -0.2) is 48.4 Å². The first-order chi connectivity index (χ1) is 12.0. The molecule has 0 unspecified atom stereocenters. The number of carbonyl (C=O) groups excluding carboxylic acids is 3. The molecule has 2 amide bonds. The van der Waals surface area contributed by atoms with Crippen molar-refractivity contribution in [1.82, 2.24) is 10.2 Å². The number of carbonyl (C=O) groups is 3. The second kappa shape index (κ2) is 9.20. The lowest BCUT2D eigenvalue weighted by Crippen LogP contribution is -2.46. The van der Waals surface area contributed by atoms with Crippen LogP contribution in [0.15, 0.2) is 30.3 Å². The van der Waals surface area contributed by atoms with E-state index in [0.29, 0.717) is 0 Å². The number of nitrogens with zero attached hydrogens (tertiary/aromatic N) is 1. The highest BCUT2D eigenvalue weighted by molar-refractivity contribution is 5.87. The van der Waals surface area contributed by atoms with Crippen molar-refractivity contribution in [2.24, 2.45) is 5.92 Å². The molecule has 0 spiro atoms. The van der Waals surface area contributed by atoms with E-state index in [1.165, 1.54) is 0 Å². The number of hydrogen-bond acceptors (Lipinski definition) is 4. The van der Waals surface area contributed by atoms with E-state index in [9.17, 15) is 14.4 Å². The molecule has 6 heteroatoms. The smallest absolute Gasteiger partial charge is 0.329 e. The van der Waals surface area contributed by atoms with Crippen LogP contribution >= 0.6 is 0 Å². The topological polar surface area (TPSA) is 75.7 Å². The number of hydrogen-bond donors (Lipinski definition) is 1. The summed E-state index contributed by atoms with van der Waals surface area (Å²) >= 11 is 0. The van der Waals surface area contributed by atoms with Crippen LogP contribution in [0.3, 0.4) is 0 Å². The Kier molecular flexibility index (Phi) is 6.98. The fourth-order valence-electron chi connectivity index (χ4n) is 2.78. The van der Waals surface area contributed by atoms with E-state index in [0.717, 1.165) is 31.5 Å². The van der Waals surface area contributed by atoms with E-state index in [-0.39, 0.29) is 30.8 Å². The van der Waals surface area contributed by atoms with Crippen LogP contribution in [0.4, 0.5) is 0 Å². The summed E-state index contributed by atoms with van der Waals surface area (Å²) in [4.78, 5) is 38.1. The first-order valence-electron chi connectivity index (χ1n) is 8.75. The van der Waals surface area contributed by atoms with E-state index in [4.69, 9.17) is 4.74 Å². The van der Waals surface area contributed by atoms with E-state index in [1.54, 1.807) is 4.90 Å². The molecule has 1 N–H and O–H groups in total. The zero-order valence-electron chi connectivity index (χ0n) is 14.9. The average molecular weight is 346 g/mol. The Morgan fingerprint density at radius 2 is 1.76 bits per heavy atom. The van der Waals surface area contributed by atoms with Crippen LogP contribution < -0.4 is 5.32 Å². The quantitative estimate of drug-likeness (QED) is 0.760. The van der Waals surface area contributed by atoms with Crippen LogP contribution in [0.2, 0.25) is 0 Å². The third-order valence-corrected chi connectivity index (χ3v) is 4.24. The predicted octanol–water partition coefficient (Wildman–Crippen LogP) is 1.54. The molecule has 0 aliphatic carbocycles. The molecule has 25 heavy (non-hydrogen) atoms. The van der Waals surface area contributed by atoms with E-state index >= 15 is 0 Å². The minimum Gasteiger partial charge on any atom is -0.454 e. The van der Waals surface area contributed by atoms with Gasteiger partial charge in [-0.05, 0) is 24.3 Å². The molecule has 6 nitrogen and oxygen atoms in total. The Morgan fingerprint density at radius 1 is 1.12 bits per heavy atom. The number of benzene rings is 1. The molecule has 1 fully saturated rings. The Morgan fingerprint density at radius 3 is 2.36 bits per heavy atom. The second-order valence-corrected chi connectivity index (χ2v) is 6.65. The molecule has 1 saturated heterocycles. The van der Waals surface area contributed by atoms with Crippen molar-refractivity contribution >= 4 is 17.8 Å². The van der Waals surface area contributed by atoms with Gasteiger partial charge in [0.15, 0.2) is 6.61 Å². The average Bonchev–Trinajstić information content (AvgIpc) is 3.12. The summed E-state index contributed by atoms with van der Waals surface area (Å²) in [7, 11) is 0. The second-order valence-electron chi connectivity index (χ2n) is 6.65. The van der Waals surface area contributed by atoms with Gasteiger partial charge < -0.3 is 15.0 Å². The van der Waals surface area contributed by atoms with Gasteiger partial charge in [-0.3, -0.25) is 9.59 Å². The number of likely N-dealkylation sites (tertiary alicyclic amines) is 1. The summed E-state index contributed by atoms with van der Waals surface area (Å²) in [6.07, 6.45) is 2.18. The molecule has 1 aliphatic heterocycles. The highest BCUT2D eigenvalue weighted by Crippen LogP contribution is 2.09. The van der Waals surface area contributed by atoms with Crippen molar-refractivity contribution in [3.63, 3.8) is 0 Å². The molecule has 1 aliphatic rings. The summed E-state index contributed by atoms with van der Waals surface area (Å²) < 4.78 is 5.15. The number of rotatable bonds is 7. The monoisotopic (exact) mass is 346 g/mol. The van der Waals surface area contributed by atoms with Crippen molar-refractivity contribution in [3.05, 3.63) is 35.9 Å². The van der Waals surface area contributed by atoms with Gasteiger partial charge in [0.2, 0.25) is 5.91 Å². The maximum Gasteiger partial charge on any atom is 0.329 e. The van der Waals surface area contributed by atoms with Crippen LogP contribution in [0.25, 0.3) is 0 Å². The zero-order chi connectivity index (χ0) is 18.2. The summed E-state index contributed by atoms with van der Waals surface area (Å²) in [5.41, 5.74) is 0.875. The lowest BCUT2D eigenvalue weighted by atomic mass is 10.0. The maximum absolute atomic E-state index is 12.3. The van der Waals surface area contributed by atoms with Crippen molar-refractivity contribution in [2.75, 3.05) is 19.7 Å². The van der Waals surface area contributed by atoms with Crippen molar-refractivity contribution in [1.29, 1.82) is 0 Å². The van der Waals surface area contributed by atoms with Crippen LogP contribution in [0.1, 0.15) is 32.3 Å². The Labute approximate surface area is 148 Å². The molecular weight excluding hydrogens is 320 g/mol. The van der Waals surface area contributed by atoms with Crippen molar-refractivity contribution in [2.45, 2.75) is 39.2 Å². The van der Waals surface area contributed by atoms with Crippen LogP contribution in [0, 0.1) is 5.92 Å². The van der Waals surface area contributed by atoms with E-state index < -0.39 is 12.0 Å². The van der Waals surface area contributed by atoms with Gasteiger partial charge in [0.1, 0.15) is 6.04 Å². The molecule has 0 aromatic heterocycles. The lowest BCUT2D eigenvalue weighted by Gasteiger charge is -2.22. The maximum atomic E-state index is 12.3. The highest BCUT2D eigenvalue weighted by atomic mass is 16.5. The lowest BCUT2D eigenvalue weighted by molar-refractivity contribution is -0.155. The first kappa shape index (κ1) is 19.0. The normalized spacial score (nSPS) is 15.1. The van der Waals surface area contributed by atoms with Gasteiger partial charge >= 0.3 is 5.97 Å². The molecule has 0 radical (unpaired) electrons. The van der Waals surface area contributed by atoms with Gasteiger partial charge in [0, 0.05) is 13.1 Å². The third-order valence-electron chi connectivity index (χ3n) is 4.24. The molecule has 0 bridgehead atoms. The molecule has 1 atom stereocenters. The molecule has 1 aromatic carbocycles. The Bertz CT molecular complexity index is 595. The predicted molar refractivity (Wildman–Crippen MR) is 93.7 cm³/mol. The van der Waals surface area contributed by atoms with Gasteiger partial charge in [-0.25, -0.2) is 4.79 Å². The molecular formula is C19H26N2O4. The zero-order valence-corrected chi connectivity index (χ0v) is 14.9. The van der Waals surface area contributed by atoms with E-state index in [2.05, 4.69) is 5.32 Å². The van der Waals surface area contributed by atoms with Crippen molar-refractivity contribution < 1.29 is 19.1 Å². The third kappa shape index (κ3) is 5.89. The van der Waals surface area contributed by atoms with Crippen LogP contribution in [-0.2, 0) is 25.5 Å². The molecule has 1 heterocycles. The number of ether oxygens (including phenoxy) is 1. The van der Waals surface area contributed by atoms with Gasteiger partial charge in [0.25, 0.3) is 5.91 Å². The standard InChI is InChI=1S/C19H26N2O4/c1-14(2)18(20-16(22)12-15-8-4-3-5-9-15)19(24)25-13-17(23)21-10-6-7-11-21/h3-5,8-9,14,18H,6-7,10-13H2,1-2H3,(H,20,22)/t18-/m0/s1. The minimum atomic E-state index is -0.761. The van der Waals surface area contributed by atoms with Crippen LogP contribution in [0.5, 0.6) is 0 Å². The fraction of sp³-hybridized carbons (Fsp3) is 0.526. The summed E-state index contributed by atoms with van der Waals surface area (Å²) in [6.45, 7) is 4.83. The summed E-state index contributed by atoms with van der Waals surface area (Å²) in [5, 5.41) is 2.72. The largest absolute Gasteiger partial charge is 0.454 e.